The average Bonchev–Trinajstić information content (AvgIpc) is 2.78. The van der Waals surface area contributed by atoms with Gasteiger partial charge in [0.05, 0.1) is 13.0 Å². The van der Waals surface area contributed by atoms with Crippen molar-refractivity contribution in [1.82, 2.24) is 4.90 Å². The Hall–Kier alpha value is -1.29. The van der Waals surface area contributed by atoms with Crippen LogP contribution in [0.25, 0.3) is 0 Å². The molecule has 19 heavy (non-hydrogen) atoms. The summed E-state index contributed by atoms with van der Waals surface area (Å²) < 4.78 is 10.4. The van der Waals surface area contributed by atoms with Crippen LogP contribution in [0.3, 0.4) is 0 Å². The smallest absolute Gasteiger partial charge is 0.310 e. The molecule has 0 fully saturated rings. The highest BCUT2D eigenvalue weighted by Gasteiger charge is 2.24. The Morgan fingerprint density at radius 1 is 1.42 bits per heavy atom. The van der Waals surface area contributed by atoms with Gasteiger partial charge in [0.1, 0.15) is 11.5 Å². The number of nitrogens with zero attached hydrogens (tertiary/aromatic N) is 1. The van der Waals surface area contributed by atoms with Crippen LogP contribution in [0.2, 0.25) is 0 Å². The van der Waals surface area contributed by atoms with E-state index < -0.39 is 0 Å². The van der Waals surface area contributed by atoms with Gasteiger partial charge in [0.25, 0.3) is 0 Å². The van der Waals surface area contributed by atoms with Crippen LogP contribution >= 0.6 is 0 Å². The van der Waals surface area contributed by atoms with Gasteiger partial charge in [0, 0.05) is 19.5 Å². The molecular formula is C15H25NO3. The van der Waals surface area contributed by atoms with Crippen LogP contribution in [0.1, 0.15) is 25.4 Å². The first kappa shape index (κ1) is 15.8. The van der Waals surface area contributed by atoms with E-state index in [1.165, 1.54) is 7.11 Å². The number of ether oxygens (including phenoxy) is 1. The molecule has 0 N–H and O–H groups in total. The van der Waals surface area contributed by atoms with Crippen molar-refractivity contribution >= 4 is 5.97 Å². The summed E-state index contributed by atoms with van der Waals surface area (Å²) >= 11 is 0. The first-order valence-corrected chi connectivity index (χ1v) is 6.75. The van der Waals surface area contributed by atoms with Gasteiger partial charge in [0.15, 0.2) is 0 Å². The molecule has 1 atom stereocenters. The fourth-order valence-electron chi connectivity index (χ4n) is 2.06. The van der Waals surface area contributed by atoms with Gasteiger partial charge in [-0.2, -0.15) is 0 Å². The lowest BCUT2D eigenvalue weighted by Crippen LogP contribution is -2.35. The molecule has 1 unspecified atom stereocenters. The number of methoxy groups -OCH3 is 1. The van der Waals surface area contributed by atoms with Gasteiger partial charge < -0.3 is 14.1 Å². The normalized spacial score (nSPS) is 13.0. The van der Waals surface area contributed by atoms with Crippen LogP contribution in [0, 0.1) is 18.8 Å². The lowest BCUT2D eigenvalue weighted by molar-refractivity contribution is -0.147. The van der Waals surface area contributed by atoms with E-state index in [1.807, 2.05) is 40.0 Å². The summed E-state index contributed by atoms with van der Waals surface area (Å²) in [5.41, 5.74) is 0. The third kappa shape index (κ3) is 5.07. The van der Waals surface area contributed by atoms with Gasteiger partial charge in [-0.1, -0.05) is 13.8 Å². The molecule has 108 valence electrons. The van der Waals surface area contributed by atoms with E-state index >= 15 is 0 Å². The zero-order valence-electron chi connectivity index (χ0n) is 12.6. The SMILES string of the molecule is COC(=O)C(CN(C)CCc1ccc(C)o1)C(C)C. The average molecular weight is 267 g/mol. The van der Waals surface area contributed by atoms with E-state index in [-0.39, 0.29) is 17.8 Å². The molecule has 0 bridgehead atoms. The van der Waals surface area contributed by atoms with Crippen molar-refractivity contribution in [3.05, 3.63) is 23.7 Å². The number of carbonyl (C=O) groups excluding carboxylic acids is 1. The molecular weight excluding hydrogens is 242 g/mol. The molecule has 4 nitrogen and oxygen atoms in total. The molecule has 1 aromatic rings. The number of rotatable bonds is 7. The quantitative estimate of drug-likeness (QED) is 0.712. The molecule has 1 aromatic heterocycles. The summed E-state index contributed by atoms with van der Waals surface area (Å²) in [5, 5.41) is 0. The van der Waals surface area contributed by atoms with Crippen LogP contribution in [-0.4, -0.2) is 38.1 Å². The highest BCUT2D eigenvalue weighted by molar-refractivity contribution is 5.72. The van der Waals surface area contributed by atoms with Gasteiger partial charge in [-0.25, -0.2) is 0 Å². The summed E-state index contributed by atoms with van der Waals surface area (Å²) in [6, 6.07) is 3.98. The van der Waals surface area contributed by atoms with E-state index in [4.69, 9.17) is 9.15 Å². The monoisotopic (exact) mass is 267 g/mol. The van der Waals surface area contributed by atoms with E-state index in [1.54, 1.807) is 0 Å². The van der Waals surface area contributed by atoms with E-state index in [0.29, 0.717) is 6.54 Å². The Balaban J connectivity index is 2.44. The van der Waals surface area contributed by atoms with E-state index in [2.05, 4.69) is 4.90 Å². The maximum Gasteiger partial charge on any atom is 0.310 e. The number of hydrogen-bond acceptors (Lipinski definition) is 4. The van der Waals surface area contributed by atoms with Gasteiger partial charge in [0.2, 0.25) is 0 Å². The van der Waals surface area contributed by atoms with Gasteiger partial charge in [-0.3, -0.25) is 4.79 Å². The second-order valence-electron chi connectivity index (χ2n) is 5.40. The molecule has 0 aliphatic rings. The molecule has 1 heterocycles. The Kier molecular flexibility index (Phi) is 6.09. The van der Waals surface area contributed by atoms with E-state index in [9.17, 15) is 4.79 Å². The Labute approximate surface area is 115 Å². The van der Waals surface area contributed by atoms with Crippen LogP contribution in [0.5, 0.6) is 0 Å². The summed E-state index contributed by atoms with van der Waals surface area (Å²) in [6.07, 6.45) is 0.857. The lowest BCUT2D eigenvalue weighted by atomic mass is 9.95. The third-order valence-corrected chi connectivity index (χ3v) is 3.35. The molecule has 0 spiro atoms. The highest BCUT2D eigenvalue weighted by Crippen LogP contribution is 2.14. The van der Waals surface area contributed by atoms with E-state index in [0.717, 1.165) is 24.5 Å². The second kappa shape index (κ2) is 7.34. The molecule has 0 saturated heterocycles. The highest BCUT2D eigenvalue weighted by atomic mass is 16.5. The van der Waals surface area contributed by atoms with Crippen LogP contribution in [-0.2, 0) is 16.0 Å². The predicted octanol–water partition coefficient (Wildman–Crippen LogP) is 2.51. The van der Waals surface area contributed by atoms with Crippen molar-refractivity contribution in [2.45, 2.75) is 27.2 Å². The maximum atomic E-state index is 11.7. The fourth-order valence-corrected chi connectivity index (χ4v) is 2.06. The minimum Gasteiger partial charge on any atom is -0.469 e. The summed E-state index contributed by atoms with van der Waals surface area (Å²) in [6.45, 7) is 7.62. The molecule has 0 aliphatic carbocycles. The Bertz CT molecular complexity index is 398. The minimum atomic E-state index is -0.129. The van der Waals surface area contributed by atoms with Crippen LogP contribution < -0.4 is 0 Å². The van der Waals surface area contributed by atoms with Crippen molar-refractivity contribution < 1.29 is 13.9 Å². The maximum absolute atomic E-state index is 11.7. The van der Waals surface area contributed by atoms with Crippen molar-refractivity contribution in [3.8, 4) is 0 Å². The molecule has 0 aliphatic heterocycles. The fraction of sp³-hybridized carbons (Fsp3) is 0.667. The third-order valence-electron chi connectivity index (χ3n) is 3.35. The summed E-state index contributed by atoms with van der Waals surface area (Å²) in [4.78, 5) is 13.9. The predicted molar refractivity (Wildman–Crippen MR) is 75.0 cm³/mol. The number of likely N-dealkylation sites (N-methyl/N-ethyl adjacent to an activating group) is 1. The molecule has 1 rings (SSSR count). The molecule has 0 radical (unpaired) electrons. The standard InChI is InChI=1S/C15H25NO3/c1-11(2)14(15(17)18-5)10-16(4)9-8-13-7-6-12(3)19-13/h6-7,11,14H,8-10H2,1-5H3. The molecule has 0 amide bonds. The summed E-state index contributed by atoms with van der Waals surface area (Å²) in [5.74, 6) is 2.00. The molecule has 0 saturated carbocycles. The Morgan fingerprint density at radius 3 is 2.58 bits per heavy atom. The first-order chi connectivity index (χ1) is 8.93. The van der Waals surface area contributed by atoms with Gasteiger partial charge in [-0.05, 0) is 32.0 Å². The summed E-state index contributed by atoms with van der Waals surface area (Å²) in [7, 11) is 3.47. The van der Waals surface area contributed by atoms with Crippen molar-refractivity contribution in [3.63, 3.8) is 0 Å². The minimum absolute atomic E-state index is 0.0756. The zero-order valence-corrected chi connectivity index (χ0v) is 12.6. The number of aryl methyl sites for hydroxylation is 1. The number of esters is 1. The van der Waals surface area contributed by atoms with Crippen LogP contribution in [0.4, 0.5) is 0 Å². The number of carbonyl (C=O) groups is 1. The molecule has 4 heteroatoms. The van der Waals surface area contributed by atoms with Crippen LogP contribution in [0.15, 0.2) is 16.5 Å². The lowest BCUT2D eigenvalue weighted by Gasteiger charge is -2.24. The number of furan rings is 1. The zero-order chi connectivity index (χ0) is 14.4. The number of hydrogen-bond donors (Lipinski definition) is 0. The van der Waals surface area contributed by atoms with Crippen molar-refractivity contribution in [2.24, 2.45) is 11.8 Å². The van der Waals surface area contributed by atoms with Crippen molar-refractivity contribution in [2.75, 3.05) is 27.2 Å². The topological polar surface area (TPSA) is 42.7 Å². The first-order valence-electron chi connectivity index (χ1n) is 6.75. The second-order valence-corrected chi connectivity index (χ2v) is 5.40. The van der Waals surface area contributed by atoms with Gasteiger partial charge in [-0.15, -0.1) is 0 Å². The Morgan fingerprint density at radius 2 is 2.11 bits per heavy atom. The van der Waals surface area contributed by atoms with Gasteiger partial charge >= 0.3 is 5.97 Å². The molecule has 0 aromatic carbocycles. The largest absolute Gasteiger partial charge is 0.469 e. The van der Waals surface area contributed by atoms with Crippen molar-refractivity contribution in [1.29, 1.82) is 0 Å².